The molecule has 0 radical (unpaired) electrons. The van der Waals surface area contributed by atoms with Crippen molar-refractivity contribution in [1.82, 2.24) is 39.2 Å². The van der Waals surface area contributed by atoms with Gasteiger partial charge in [0.1, 0.15) is 74.9 Å². The monoisotopic (exact) mass is 1550 g/mol. The van der Waals surface area contributed by atoms with Crippen LogP contribution in [0.25, 0.3) is 0 Å². The number of piperazine rings is 4. The third-order valence-corrected chi connectivity index (χ3v) is 22.4. The number of hydrogen-bond acceptors (Lipinski definition) is 20. The van der Waals surface area contributed by atoms with Gasteiger partial charge in [0.25, 0.3) is 0 Å². The third-order valence-electron chi connectivity index (χ3n) is 22.4. The van der Waals surface area contributed by atoms with E-state index in [1.165, 1.54) is 12.1 Å². The Hall–Kier alpha value is -11.5. The summed E-state index contributed by atoms with van der Waals surface area (Å²) in [6.07, 6.45) is 2.25. The number of nitrogens with zero attached hydrogens (tertiary/aromatic N) is 12. The molecule has 0 atom stereocenters. The van der Waals surface area contributed by atoms with Crippen molar-refractivity contribution in [3.05, 3.63) is 216 Å². The molecule has 0 unspecified atom stereocenters. The molecule has 114 heavy (non-hydrogen) atoms. The Kier molecular flexibility index (Phi) is 23.6. The lowest BCUT2D eigenvalue weighted by atomic mass is 9.89. The van der Waals surface area contributed by atoms with Crippen LogP contribution in [0.4, 0.5) is 27.1 Å². The van der Waals surface area contributed by atoms with Gasteiger partial charge in [0.15, 0.2) is 23.0 Å². The number of benzene rings is 8. The zero-order valence-electron chi connectivity index (χ0n) is 65.5. The maximum atomic E-state index is 14.0. The fourth-order valence-corrected chi connectivity index (χ4v) is 15.0. The van der Waals surface area contributed by atoms with Gasteiger partial charge in [0.2, 0.25) is 0 Å². The number of aliphatic imine (C=N–C) groups is 4. The molecule has 5 fully saturated rings. The van der Waals surface area contributed by atoms with Crippen molar-refractivity contribution in [3.63, 3.8) is 0 Å². The molecule has 0 amide bonds. The predicted octanol–water partition coefficient (Wildman–Crippen LogP) is 14.7. The predicted molar refractivity (Wildman–Crippen MR) is 437 cm³/mol. The average molecular weight is 1550 g/mol. The van der Waals surface area contributed by atoms with E-state index in [-0.39, 0.29) is 5.82 Å². The summed E-state index contributed by atoms with van der Waals surface area (Å²) in [6.45, 7) is 25.9. The topological polar surface area (TPSA) is 261 Å². The highest BCUT2D eigenvalue weighted by atomic mass is 19.1. The maximum absolute atomic E-state index is 14.0. The van der Waals surface area contributed by atoms with E-state index in [2.05, 4.69) is 51.3 Å². The van der Waals surface area contributed by atoms with E-state index in [9.17, 15) is 44.0 Å². The zero-order chi connectivity index (χ0) is 79.9. The molecule has 0 spiro atoms. The van der Waals surface area contributed by atoms with E-state index in [1.807, 2.05) is 158 Å². The summed E-state index contributed by atoms with van der Waals surface area (Å²) in [5, 5.41) is 37.6. The zero-order valence-corrected chi connectivity index (χ0v) is 65.5. The Morgan fingerprint density at radius 2 is 0.632 bits per heavy atom. The molecule has 8 aromatic carbocycles. The maximum Gasteiger partial charge on any atom is 0.310 e. The number of carboxylic acids is 4. The van der Waals surface area contributed by atoms with Crippen molar-refractivity contribution in [2.75, 3.05) is 131 Å². The first-order chi connectivity index (χ1) is 54.9. The highest BCUT2D eigenvalue weighted by Crippen LogP contribution is 2.48. The molecule has 0 aromatic heterocycles. The summed E-state index contributed by atoms with van der Waals surface area (Å²) in [6, 6.07) is 59.5. The summed E-state index contributed by atoms with van der Waals surface area (Å²) in [5.74, 6) is 6.13. The van der Waals surface area contributed by atoms with Crippen LogP contribution in [0, 0.1) is 27.5 Å². The summed E-state index contributed by atoms with van der Waals surface area (Å²) in [7, 11) is 0. The molecule has 8 heterocycles. The first-order valence-corrected chi connectivity index (χ1v) is 39.2. The molecule has 1 saturated carbocycles. The van der Waals surface area contributed by atoms with Gasteiger partial charge >= 0.3 is 23.9 Å². The van der Waals surface area contributed by atoms with Crippen molar-refractivity contribution in [1.29, 1.82) is 0 Å². The second-order valence-electron chi connectivity index (χ2n) is 32.2. The molecule has 1 aliphatic carbocycles. The van der Waals surface area contributed by atoms with E-state index in [1.54, 1.807) is 47.6 Å². The largest absolute Gasteiger partial charge is 0.481 e. The normalized spacial score (nSPS) is 17.8. The summed E-state index contributed by atoms with van der Waals surface area (Å²) in [5.41, 5.74) is 4.06. The van der Waals surface area contributed by atoms with Crippen molar-refractivity contribution >= 4 is 70.0 Å². The quantitative estimate of drug-likeness (QED) is 0.0836. The minimum atomic E-state index is -0.801. The van der Waals surface area contributed by atoms with Crippen LogP contribution >= 0.6 is 0 Å². The van der Waals surface area contributed by atoms with Gasteiger partial charge < -0.3 is 59.0 Å². The van der Waals surface area contributed by atoms with Gasteiger partial charge in [-0.1, -0.05) is 84.9 Å². The number of fused-ring (bicyclic) bond motifs is 8. The summed E-state index contributed by atoms with van der Waals surface area (Å²) >= 11 is 0. The molecule has 17 rings (SSSR count). The van der Waals surface area contributed by atoms with E-state index in [4.69, 9.17) is 38.9 Å². The molecule has 4 N–H and O–H groups in total. The van der Waals surface area contributed by atoms with Crippen molar-refractivity contribution < 1.29 is 62.9 Å². The van der Waals surface area contributed by atoms with Gasteiger partial charge in [-0.2, -0.15) is 0 Å². The second kappa shape index (κ2) is 34.1. The lowest BCUT2D eigenvalue weighted by Crippen LogP contribution is -2.52. The smallest absolute Gasteiger partial charge is 0.310 e. The molecule has 4 saturated heterocycles. The standard InChI is InChI=1S/C23H27N3O3.C22H24FN3O3.C22H23N3O3.C22H25N3O3/c1-23(2,22(27)28)11-12-25-13-15-26(16-14-25)21-17-7-3-5-9-19(17)29-20-10-6-4-8-18(20)24-21;1-22(2,21(27)28)14-25-9-11-26(12-10-25)20-16-13-15(23)7-8-18(16)29-19-6-4-3-5-17(19)24-20;26-21(27)22(9-10-22)15-24-11-13-25(14-12-24)20-16-5-1-3-7-18(16)28-19-8-4-2-6-17(19)23-20;1-22(2,21(26)27)15-24-11-13-25(14-12-24)20-16-7-3-5-9-18(16)28-19-10-6-4-8-17(19)23-20/h3-10H,11-16H2,1-2H3,(H,27,28);3-8,13H,9-12,14H2,1-2H3,(H,27,28);1-8H,9-15H2,(H,26,27);3-10H,11-15H2,1-2H3,(H,26,27). The molecule has 8 aliphatic heterocycles. The van der Waals surface area contributed by atoms with Crippen LogP contribution in [0.15, 0.2) is 208 Å². The highest BCUT2D eigenvalue weighted by Gasteiger charge is 2.51. The highest BCUT2D eigenvalue weighted by molar-refractivity contribution is 6.06. The molecular weight excluding hydrogens is 1450 g/mol. The Morgan fingerprint density at radius 3 is 0.947 bits per heavy atom. The molecule has 24 nitrogen and oxygen atoms in total. The molecular formula is C89H99FN12O12. The van der Waals surface area contributed by atoms with Gasteiger partial charge in [-0.3, -0.25) is 38.8 Å². The fraction of sp³-hybridized carbons (Fsp3) is 0.371. The van der Waals surface area contributed by atoms with Gasteiger partial charge in [-0.05, 0) is 170 Å². The van der Waals surface area contributed by atoms with E-state index in [0.29, 0.717) is 80.8 Å². The number of amidine groups is 4. The minimum absolute atomic E-state index is 0.340. The molecule has 594 valence electrons. The van der Waals surface area contributed by atoms with Crippen LogP contribution in [0.5, 0.6) is 46.0 Å². The van der Waals surface area contributed by atoms with Gasteiger partial charge in [0.05, 0.1) is 43.9 Å². The number of para-hydroxylation sites is 11. The van der Waals surface area contributed by atoms with Crippen LogP contribution in [0.3, 0.4) is 0 Å². The summed E-state index contributed by atoms with van der Waals surface area (Å²) in [4.78, 5) is 83.3. The number of carbonyl (C=O) groups is 4. The first-order valence-electron chi connectivity index (χ1n) is 39.2. The Morgan fingerprint density at radius 1 is 0.351 bits per heavy atom. The van der Waals surface area contributed by atoms with Crippen LogP contribution in [-0.4, -0.2) is 238 Å². The van der Waals surface area contributed by atoms with Crippen LogP contribution in [0.2, 0.25) is 0 Å². The second-order valence-corrected chi connectivity index (χ2v) is 32.2. The van der Waals surface area contributed by atoms with Crippen LogP contribution in [0.1, 0.15) is 83.1 Å². The SMILES string of the molecule is CC(C)(CCN1CCN(C2=Nc3ccccc3Oc3ccccc32)CC1)C(=O)O.CC(C)(CN1CCN(C2=Nc3ccccc3Oc3ccc(F)cc32)CC1)C(=O)O.CC(C)(CN1CCN(C2=Nc3ccccc3Oc3ccccc32)CC1)C(=O)O.O=C(O)C1(CN2CCN(C3=Nc4ccccc4Oc4ccccc43)CC2)CC1. The molecule has 25 heteroatoms. The Labute approximate surface area is 664 Å². The van der Waals surface area contributed by atoms with Crippen LogP contribution < -0.4 is 18.9 Å². The van der Waals surface area contributed by atoms with E-state index in [0.717, 1.165) is 184 Å². The van der Waals surface area contributed by atoms with Gasteiger partial charge in [-0.15, -0.1) is 0 Å². The van der Waals surface area contributed by atoms with Crippen molar-refractivity contribution in [2.45, 2.75) is 60.8 Å². The van der Waals surface area contributed by atoms with Gasteiger partial charge in [-0.25, -0.2) is 24.4 Å². The number of carboxylic acid groups (broad SMARTS) is 4. The van der Waals surface area contributed by atoms with E-state index >= 15 is 0 Å². The Bertz CT molecular complexity index is 4850. The number of aliphatic carboxylic acids is 4. The summed E-state index contributed by atoms with van der Waals surface area (Å²) < 4.78 is 38.4. The number of ether oxygens (including phenoxy) is 4. The fourth-order valence-electron chi connectivity index (χ4n) is 15.0. The first kappa shape index (κ1) is 79.1. The average Bonchev–Trinajstić information content (AvgIpc) is 1.60. The lowest BCUT2D eigenvalue weighted by molar-refractivity contribution is -0.149. The Balaban J connectivity index is 0.000000126. The van der Waals surface area contributed by atoms with Crippen molar-refractivity contribution in [3.8, 4) is 46.0 Å². The van der Waals surface area contributed by atoms with Crippen LogP contribution in [-0.2, 0) is 19.2 Å². The number of hydrogen-bond donors (Lipinski definition) is 4. The molecule has 0 bridgehead atoms. The third kappa shape index (κ3) is 18.4. The minimum Gasteiger partial charge on any atom is -0.481 e. The van der Waals surface area contributed by atoms with Crippen molar-refractivity contribution in [2.24, 2.45) is 41.6 Å². The number of halogens is 1. The molecule has 9 aliphatic rings. The van der Waals surface area contributed by atoms with Gasteiger partial charge in [0, 0.05) is 124 Å². The lowest BCUT2D eigenvalue weighted by Gasteiger charge is -2.38. The van der Waals surface area contributed by atoms with E-state index < -0.39 is 45.5 Å². The molecule has 8 aromatic rings. The number of rotatable bonds is 13.